The van der Waals surface area contributed by atoms with Crippen LogP contribution >= 0.6 is 11.6 Å². The highest BCUT2D eigenvalue weighted by Gasteiger charge is 2.17. The van der Waals surface area contributed by atoms with Gasteiger partial charge in [-0.25, -0.2) is 4.39 Å². The van der Waals surface area contributed by atoms with Crippen LogP contribution in [0.4, 0.5) is 4.39 Å². The van der Waals surface area contributed by atoms with E-state index in [2.05, 4.69) is 10.1 Å². The van der Waals surface area contributed by atoms with E-state index < -0.39 is 5.82 Å². The molecule has 1 amide bonds. The number of aromatic nitrogens is 2. The molecule has 1 heterocycles. The van der Waals surface area contributed by atoms with Crippen molar-refractivity contribution in [2.24, 2.45) is 0 Å². The summed E-state index contributed by atoms with van der Waals surface area (Å²) in [5.41, 5.74) is 1.05. The Balaban J connectivity index is 1.62. The van der Waals surface area contributed by atoms with E-state index in [9.17, 15) is 9.18 Å². The summed E-state index contributed by atoms with van der Waals surface area (Å²) in [5, 5.41) is 4.23. The van der Waals surface area contributed by atoms with Gasteiger partial charge in [-0.05, 0) is 48.9 Å². The van der Waals surface area contributed by atoms with Crippen LogP contribution in [0.15, 0.2) is 47.0 Å². The van der Waals surface area contributed by atoms with Crippen molar-refractivity contribution in [3.8, 4) is 17.1 Å². The normalized spacial score (nSPS) is 10.7. The summed E-state index contributed by atoms with van der Waals surface area (Å²) in [6.07, 6.45) is -0.0839. The second kappa shape index (κ2) is 8.84. The summed E-state index contributed by atoms with van der Waals surface area (Å²) in [5.74, 6) is 0.681. The average Bonchev–Trinajstić information content (AvgIpc) is 3.13. The predicted molar refractivity (Wildman–Crippen MR) is 102 cm³/mol. The first-order valence-corrected chi connectivity index (χ1v) is 9.07. The summed E-state index contributed by atoms with van der Waals surface area (Å²) >= 11 is 5.73. The highest BCUT2D eigenvalue weighted by molar-refractivity contribution is 6.30. The van der Waals surface area contributed by atoms with Crippen LogP contribution < -0.4 is 4.74 Å². The average molecular weight is 404 g/mol. The zero-order valence-electron chi connectivity index (χ0n) is 15.5. The molecule has 0 fully saturated rings. The van der Waals surface area contributed by atoms with Gasteiger partial charge < -0.3 is 14.2 Å². The summed E-state index contributed by atoms with van der Waals surface area (Å²) < 4.78 is 24.5. The molecule has 8 heteroatoms. The van der Waals surface area contributed by atoms with Crippen molar-refractivity contribution in [2.45, 2.75) is 19.9 Å². The predicted octanol–water partition coefficient (Wildman–Crippen LogP) is 4.13. The Bertz CT molecular complexity index is 960. The summed E-state index contributed by atoms with van der Waals surface area (Å²) in [6, 6.07) is 11.5. The molecule has 0 unspecified atom stereocenters. The molecule has 0 saturated heterocycles. The first-order chi connectivity index (χ1) is 13.5. The number of likely N-dealkylation sites (N-methyl/N-ethyl adjacent to an activating group) is 1. The lowest BCUT2D eigenvalue weighted by molar-refractivity contribution is -0.130. The van der Waals surface area contributed by atoms with Crippen LogP contribution in [0.2, 0.25) is 5.02 Å². The first kappa shape index (κ1) is 19.8. The van der Waals surface area contributed by atoms with Crippen LogP contribution in [-0.4, -0.2) is 34.6 Å². The van der Waals surface area contributed by atoms with Gasteiger partial charge in [0.25, 0.3) is 0 Å². The molecule has 6 nitrogen and oxygen atoms in total. The van der Waals surface area contributed by atoms with Crippen LogP contribution in [0.5, 0.6) is 5.75 Å². The van der Waals surface area contributed by atoms with Gasteiger partial charge in [0, 0.05) is 17.6 Å². The molecule has 0 N–H and O–H groups in total. The number of hydrogen-bond acceptors (Lipinski definition) is 5. The van der Waals surface area contributed by atoms with E-state index >= 15 is 0 Å². The minimum Gasteiger partial charge on any atom is -0.494 e. The Morgan fingerprint density at radius 2 is 2.00 bits per heavy atom. The van der Waals surface area contributed by atoms with Gasteiger partial charge in [-0.15, -0.1) is 0 Å². The van der Waals surface area contributed by atoms with E-state index in [-0.39, 0.29) is 35.3 Å². The number of hydrogen-bond donors (Lipinski definition) is 0. The molecular weight excluding hydrogens is 385 g/mol. The number of carbonyl (C=O) groups is 1. The number of halogens is 2. The van der Waals surface area contributed by atoms with Crippen molar-refractivity contribution < 1.29 is 18.4 Å². The van der Waals surface area contributed by atoms with Crippen LogP contribution in [0.3, 0.4) is 0 Å². The standard InChI is InChI=1S/C20H19ClFN3O3/c1-3-27-16-8-5-13(6-9-16)20-23-18(28-24-20)12-25(2)19(26)10-14-4-7-15(21)11-17(14)22/h4-9,11H,3,10,12H2,1-2H3. The smallest absolute Gasteiger partial charge is 0.246 e. The van der Waals surface area contributed by atoms with Gasteiger partial charge in [0.2, 0.25) is 17.6 Å². The van der Waals surface area contributed by atoms with Crippen LogP contribution in [0.25, 0.3) is 11.4 Å². The summed E-state index contributed by atoms with van der Waals surface area (Å²) in [7, 11) is 1.59. The van der Waals surface area contributed by atoms with Gasteiger partial charge in [0.1, 0.15) is 11.6 Å². The first-order valence-electron chi connectivity index (χ1n) is 8.70. The third-order valence-electron chi connectivity index (χ3n) is 4.05. The summed E-state index contributed by atoms with van der Waals surface area (Å²) in [4.78, 5) is 18.1. The zero-order chi connectivity index (χ0) is 20.1. The van der Waals surface area contributed by atoms with Crippen LogP contribution in [0.1, 0.15) is 18.4 Å². The number of benzene rings is 2. The highest BCUT2D eigenvalue weighted by Crippen LogP contribution is 2.20. The molecule has 2 aromatic carbocycles. The molecule has 0 bridgehead atoms. The Labute approximate surface area is 166 Å². The lowest BCUT2D eigenvalue weighted by Crippen LogP contribution is -2.28. The third kappa shape index (κ3) is 4.86. The fraction of sp³-hybridized carbons (Fsp3) is 0.250. The number of rotatable bonds is 7. The maximum Gasteiger partial charge on any atom is 0.246 e. The monoisotopic (exact) mass is 403 g/mol. The second-order valence-corrected chi connectivity index (χ2v) is 6.57. The highest BCUT2D eigenvalue weighted by atomic mass is 35.5. The van der Waals surface area contributed by atoms with Crippen molar-refractivity contribution in [3.05, 3.63) is 64.8 Å². The van der Waals surface area contributed by atoms with E-state index in [1.807, 2.05) is 31.2 Å². The molecule has 146 valence electrons. The Morgan fingerprint density at radius 1 is 1.25 bits per heavy atom. The van der Waals surface area contributed by atoms with Crippen molar-refractivity contribution in [1.82, 2.24) is 15.0 Å². The maximum atomic E-state index is 13.9. The molecule has 0 saturated carbocycles. The molecule has 0 aliphatic rings. The van der Waals surface area contributed by atoms with Gasteiger partial charge in [-0.3, -0.25) is 4.79 Å². The lowest BCUT2D eigenvalue weighted by atomic mass is 10.1. The zero-order valence-corrected chi connectivity index (χ0v) is 16.2. The van der Waals surface area contributed by atoms with Crippen LogP contribution in [-0.2, 0) is 17.8 Å². The van der Waals surface area contributed by atoms with Gasteiger partial charge in [0.15, 0.2) is 0 Å². The number of amides is 1. The molecule has 0 radical (unpaired) electrons. The summed E-state index contributed by atoms with van der Waals surface area (Å²) in [6.45, 7) is 2.63. The van der Waals surface area contributed by atoms with Gasteiger partial charge in [-0.2, -0.15) is 4.98 Å². The van der Waals surface area contributed by atoms with E-state index in [4.69, 9.17) is 20.9 Å². The number of nitrogens with zero attached hydrogens (tertiary/aromatic N) is 3. The molecule has 0 aliphatic carbocycles. The van der Waals surface area contributed by atoms with Gasteiger partial charge in [0.05, 0.1) is 19.6 Å². The van der Waals surface area contributed by atoms with E-state index in [0.717, 1.165) is 11.3 Å². The molecule has 0 spiro atoms. The Morgan fingerprint density at radius 3 is 2.68 bits per heavy atom. The van der Waals surface area contributed by atoms with E-state index in [1.165, 1.54) is 17.0 Å². The largest absolute Gasteiger partial charge is 0.494 e. The molecule has 1 aromatic heterocycles. The molecule has 28 heavy (non-hydrogen) atoms. The quantitative estimate of drug-likeness (QED) is 0.593. The van der Waals surface area contributed by atoms with E-state index in [1.54, 1.807) is 13.1 Å². The molecule has 0 atom stereocenters. The van der Waals surface area contributed by atoms with Crippen molar-refractivity contribution in [3.63, 3.8) is 0 Å². The number of carbonyl (C=O) groups excluding carboxylic acids is 1. The van der Waals surface area contributed by atoms with Crippen molar-refractivity contribution in [2.75, 3.05) is 13.7 Å². The van der Waals surface area contributed by atoms with Crippen LogP contribution in [0, 0.1) is 5.82 Å². The lowest BCUT2D eigenvalue weighted by Gasteiger charge is -2.15. The maximum absolute atomic E-state index is 13.9. The van der Waals surface area contributed by atoms with Crippen molar-refractivity contribution in [1.29, 1.82) is 0 Å². The topological polar surface area (TPSA) is 68.5 Å². The Hall–Kier alpha value is -2.93. The second-order valence-electron chi connectivity index (χ2n) is 6.13. The Kier molecular flexibility index (Phi) is 6.26. The fourth-order valence-electron chi connectivity index (χ4n) is 2.56. The third-order valence-corrected chi connectivity index (χ3v) is 4.28. The number of ether oxygens (including phenoxy) is 1. The molecule has 0 aliphatic heterocycles. The fourth-order valence-corrected chi connectivity index (χ4v) is 2.72. The van der Waals surface area contributed by atoms with Crippen molar-refractivity contribution >= 4 is 17.5 Å². The molecular formula is C20H19ClFN3O3. The van der Waals surface area contributed by atoms with E-state index in [0.29, 0.717) is 12.4 Å². The molecule has 3 aromatic rings. The molecule has 3 rings (SSSR count). The minimum absolute atomic E-state index is 0.0839. The van der Waals surface area contributed by atoms with Gasteiger partial charge in [-0.1, -0.05) is 22.8 Å². The van der Waals surface area contributed by atoms with Gasteiger partial charge >= 0.3 is 0 Å². The minimum atomic E-state index is -0.509. The SMILES string of the molecule is CCOc1ccc(-c2noc(CN(C)C(=O)Cc3ccc(Cl)cc3F)n2)cc1.